The predicted molar refractivity (Wildman–Crippen MR) is 37.4 cm³/mol. The van der Waals surface area contributed by atoms with Crippen LogP contribution in [0.15, 0.2) is 0 Å². The summed E-state index contributed by atoms with van der Waals surface area (Å²) in [5, 5.41) is 28.2. The number of rotatable bonds is 2. The molecule has 2 aromatic rings. The van der Waals surface area contributed by atoms with Gasteiger partial charge < -0.3 is 0 Å². The second-order valence-corrected chi connectivity index (χ2v) is 1.60. The summed E-state index contributed by atoms with van der Waals surface area (Å²) in [7, 11) is 0. The Kier molecular flexibility index (Phi) is 3.08. The summed E-state index contributed by atoms with van der Waals surface area (Å²) in [5.74, 6) is 0.595. The van der Waals surface area contributed by atoms with E-state index in [1.807, 2.05) is 0 Å². The fraction of sp³-hybridized carbons (Fsp3) is 0. The third-order valence-corrected chi connectivity index (χ3v) is 0.914. The minimum Gasteiger partial charge on any atom is -0.287 e. The Balaban J connectivity index is 0.000000720. The molecule has 0 saturated heterocycles. The molecule has 2 heterocycles. The van der Waals surface area contributed by atoms with Gasteiger partial charge in [-0.05, 0) is 10.4 Å². The molecule has 2 rings (SSSR count). The molecule has 0 aliphatic rings. The van der Waals surface area contributed by atoms with Gasteiger partial charge in [0, 0.05) is 29.6 Å². The summed E-state index contributed by atoms with van der Waals surface area (Å²) in [4.78, 5) is 0. The Labute approximate surface area is 88.0 Å². The van der Waals surface area contributed by atoms with Crippen molar-refractivity contribution in [1.29, 1.82) is 0 Å². The molecule has 1 radical (unpaired) electrons. The normalized spacial score (nSPS) is 9.00. The zero-order valence-electron chi connectivity index (χ0n) is 6.18. The molecule has 0 aliphatic carbocycles. The molecule has 0 saturated carbocycles. The largest absolute Gasteiger partial charge is 0.287 e. The quantitative estimate of drug-likeness (QED) is 0.456. The van der Waals surface area contributed by atoms with E-state index in [0.29, 0.717) is 11.9 Å². The van der Waals surface area contributed by atoms with Crippen LogP contribution >= 0.6 is 0 Å². The first kappa shape index (κ1) is 9.03. The van der Waals surface area contributed by atoms with Crippen LogP contribution in [0.4, 0.5) is 11.9 Å². The molecule has 12 heavy (non-hydrogen) atoms. The number of nitrogens with zero attached hydrogens (tertiary/aromatic N) is 6. The van der Waals surface area contributed by atoms with Gasteiger partial charge in [0.05, 0.1) is 0 Å². The molecule has 9 nitrogen and oxygen atoms in total. The molecule has 10 heteroatoms. The first-order valence-electron chi connectivity index (χ1n) is 2.69. The Morgan fingerprint density at radius 1 is 0.917 bits per heavy atom. The number of aromatic nitrogens is 8. The third-order valence-electron chi connectivity index (χ3n) is 0.914. The van der Waals surface area contributed by atoms with Crippen LogP contribution in [0.25, 0.3) is 0 Å². The Morgan fingerprint density at radius 2 is 1.42 bits per heavy atom. The zero-order chi connectivity index (χ0) is 7.52. The fourth-order valence-corrected chi connectivity index (χ4v) is 0.530. The van der Waals surface area contributed by atoms with E-state index < -0.39 is 0 Å². The molecule has 0 fully saturated rings. The van der Waals surface area contributed by atoms with Crippen molar-refractivity contribution >= 4 is 41.5 Å². The average Bonchev–Trinajstić information content (AvgIpc) is 2.60. The van der Waals surface area contributed by atoms with Gasteiger partial charge in [0.15, 0.2) is 0 Å². The molecule has 0 amide bonds. The van der Waals surface area contributed by atoms with Crippen molar-refractivity contribution in [3.8, 4) is 0 Å². The summed E-state index contributed by atoms with van der Waals surface area (Å²) in [5.41, 5.74) is 0. The molecule has 0 aliphatic heterocycles. The molecule has 3 N–H and O–H groups in total. The van der Waals surface area contributed by atoms with Crippen molar-refractivity contribution in [1.82, 2.24) is 41.2 Å². The van der Waals surface area contributed by atoms with Gasteiger partial charge in [-0.15, -0.1) is 10.2 Å². The first-order chi connectivity index (χ1) is 5.45. The summed E-state index contributed by atoms with van der Waals surface area (Å²) in [6, 6.07) is 0. The zero-order valence-corrected chi connectivity index (χ0v) is 8.18. The minimum absolute atomic E-state index is 0. The molecule has 2 aromatic heterocycles. The van der Waals surface area contributed by atoms with Crippen molar-refractivity contribution in [2.75, 3.05) is 5.32 Å². The van der Waals surface area contributed by atoms with Gasteiger partial charge in [-0.2, -0.15) is 10.4 Å². The van der Waals surface area contributed by atoms with Crippen LogP contribution in [-0.4, -0.2) is 70.8 Å². The third kappa shape index (κ3) is 1.96. The van der Waals surface area contributed by atoms with Gasteiger partial charge in [-0.25, -0.2) is 0 Å². The van der Waals surface area contributed by atoms with Gasteiger partial charge in [-0.1, -0.05) is 10.2 Å². The molecular formula is C2H3N9Na. The Hall–Kier alpha value is -1.06. The van der Waals surface area contributed by atoms with E-state index in [0.717, 1.165) is 0 Å². The maximum Gasteiger partial charge on any atom is 0.270 e. The standard InChI is InChI=1S/C2H3N9.Na/c3(1-4-8-9-5-1)2-6-10-11-7-2;/h(H3,3,4,5,6,7,8,9,10,11);. The van der Waals surface area contributed by atoms with Crippen LogP contribution in [0.1, 0.15) is 0 Å². The number of nitrogens with one attached hydrogen (secondary N) is 3. The average molecular weight is 176 g/mol. The summed E-state index contributed by atoms with van der Waals surface area (Å²) < 4.78 is 0. The number of hydrogen-bond acceptors (Lipinski definition) is 7. The smallest absolute Gasteiger partial charge is 0.270 e. The fourth-order valence-electron chi connectivity index (χ4n) is 0.530. The molecule has 0 aromatic carbocycles. The number of aromatic amines is 2. The van der Waals surface area contributed by atoms with Crippen LogP contribution in [0.3, 0.4) is 0 Å². The van der Waals surface area contributed by atoms with Crippen molar-refractivity contribution in [3.63, 3.8) is 0 Å². The minimum atomic E-state index is 0. The van der Waals surface area contributed by atoms with Gasteiger partial charge in [0.1, 0.15) is 0 Å². The van der Waals surface area contributed by atoms with Gasteiger partial charge in [-0.3, -0.25) is 5.32 Å². The van der Waals surface area contributed by atoms with Crippen LogP contribution < -0.4 is 5.32 Å². The van der Waals surface area contributed by atoms with Crippen LogP contribution in [0.5, 0.6) is 0 Å². The maximum atomic E-state index is 3.61. The topological polar surface area (TPSA) is 121 Å². The van der Waals surface area contributed by atoms with Gasteiger partial charge in [0.2, 0.25) is 0 Å². The number of H-pyrrole nitrogens is 2. The van der Waals surface area contributed by atoms with Gasteiger partial charge >= 0.3 is 0 Å². The van der Waals surface area contributed by atoms with E-state index in [4.69, 9.17) is 0 Å². The van der Waals surface area contributed by atoms with E-state index in [2.05, 4.69) is 46.6 Å². The van der Waals surface area contributed by atoms with Crippen molar-refractivity contribution < 1.29 is 0 Å². The Morgan fingerprint density at radius 3 is 1.75 bits per heavy atom. The van der Waals surface area contributed by atoms with Crippen molar-refractivity contribution in [2.45, 2.75) is 0 Å². The SMILES string of the molecule is [Na].n1nc(Nc2nn[nH]n2)n[nH]1. The number of anilines is 2. The van der Waals surface area contributed by atoms with E-state index >= 15 is 0 Å². The van der Waals surface area contributed by atoms with Crippen LogP contribution in [0, 0.1) is 0 Å². The molecule has 0 unspecified atom stereocenters. The molecule has 0 bridgehead atoms. The first-order valence-corrected chi connectivity index (χ1v) is 2.69. The van der Waals surface area contributed by atoms with Crippen LogP contribution in [-0.2, 0) is 0 Å². The number of hydrogen-bond donors (Lipinski definition) is 3. The summed E-state index contributed by atoms with van der Waals surface area (Å²) in [6.07, 6.45) is 0. The van der Waals surface area contributed by atoms with E-state index in [1.54, 1.807) is 0 Å². The van der Waals surface area contributed by atoms with E-state index in [-0.39, 0.29) is 29.6 Å². The second kappa shape index (κ2) is 4.09. The van der Waals surface area contributed by atoms with E-state index in [9.17, 15) is 0 Å². The van der Waals surface area contributed by atoms with Crippen LogP contribution in [0.2, 0.25) is 0 Å². The molecule has 0 spiro atoms. The molecular weight excluding hydrogens is 173 g/mol. The maximum absolute atomic E-state index is 3.61. The van der Waals surface area contributed by atoms with E-state index in [1.165, 1.54) is 0 Å². The number of tetrazole rings is 2. The van der Waals surface area contributed by atoms with Gasteiger partial charge in [0.25, 0.3) is 11.9 Å². The molecule has 0 atom stereocenters. The predicted octanol–water partition coefficient (Wildman–Crippen LogP) is -1.92. The summed E-state index contributed by atoms with van der Waals surface area (Å²) >= 11 is 0. The van der Waals surface area contributed by atoms with Crippen molar-refractivity contribution in [3.05, 3.63) is 0 Å². The summed E-state index contributed by atoms with van der Waals surface area (Å²) in [6.45, 7) is 0. The Bertz CT molecular complexity index is 265. The van der Waals surface area contributed by atoms with Crippen molar-refractivity contribution in [2.24, 2.45) is 0 Å². The second-order valence-electron chi connectivity index (χ2n) is 1.60. The monoisotopic (exact) mass is 176 g/mol. The molecule has 57 valence electrons.